The van der Waals surface area contributed by atoms with Crippen molar-refractivity contribution < 1.29 is 9.47 Å². The lowest BCUT2D eigenvalue weighted by atomic mass is 9.99. The Morgan fingerprint density at radius 3 is 3.05 bits per heavy atom. The van der Waals surface area contributed by atoms with Crippen LogP contribution in [0, 0.1) is 0 Å². The van der Waals surface area contributed by atoms with Crippen molar-refractivity contribution in [1.82, 2.24) is 5.32 Å². The molecule has 0 aliphatic carbocycles. The molecule has 1 aliphatic rings. The van der Waals surface area contributed by atoms with Gasteiger partial charge in [-0.25, -0.2) is 0 Å². The van der Waals surface area contributed by atoms with Gasteiger partial charge in [0.1, 0.15) is 5.75 Å². The maximum absolute atomic E-state index is 5.85. The average Bonchev–Trinajstić information content (AvgIpc) is 2.97. The lowest BCUT2D eigenvalue weighted by Crippen LogP contribution is -2.41. The van der Waals surface area contributed by atoms with Crippen molar-refractivity contribution in [3.8, 4) is 5.75 Å². The summed E-state index contributed by atoms with van der Waals surface area (Å²) in [5.41, 5.74) is 1.31. The van der Waals surface area contributed by atoms with Crippen molar-refractivity contribution in [2.75, 3.05) is 20.3 Å². The van der Waals surface area contributed by atoms with Crippen molar-refractivity contribution in [3.05, 3.63) is 29.8 Å². The quantitative estimate of drug-likeness (QED) is 0.820. The fourth-order valence-electron chi connectivity index (χ4n) is 2.64. The Hall–Kier alpha value is -1.06. The van der Waals surface area contributed by atoms with E-state index in [0.717, 1.165) is 31.7 Å². The van der Waals surface area contributed by atoms with Gasteiger partial charge < -0.3 is 14.8 Å². The lowest BCUT2D eigenvalue weighted by Gasteiger charge is -2.24. The SMILES string of the molecule is CCCNC(Cc1cccc(OC)c1)C1CCCO1. The molecule has 2 atom stereocenters. The van der Waals surface area contributed by atoms with E-state index in [2.05, 4.69) is 30.4 Å². The van der Waals surface area contributed by atoms with Crippen LogP contribution in [0.1, 0.15) is 31.7 Å². The number of methoxy groups -OCH3 is 1. The summed E-state index contributed by atoms with van der Waals surface area (Å²) in [5, 5.41) is 3.63. The second kappa shape index (κ2) is 7.51. The van der Waals surface area contributed by atoms with Crippen LogP contribution in [0.2, 0.25) is 0 Å². The summed E-state index contributed by atoms with van der Waals surface area (Å²) >= 11 is 0. The Balaban J connectivity index is 2.00. The molecule has 0 radical (unpaired) electrons. The molecule has 3 heteroatoms. The average molecular weight is 263 g/mol. The van der Waals surface area contributed by atoms with Crippen molar-refractivity contribution in [3.63, 3.8) is 0 Å². The van der Waals surface area contributed by atoms with E-state index in [4.69, 9.17) is 9.47 Å². The summed E-state index contributed by atoms with van der Waals surface area (Å²) in [6.07, 6.45) is 4.87. The van der Waals surface area contributed by atoms with E-state index >= 15 is 0 Å². The van der Waals surface area contributed by atoms with Gasteiger partial charge in [0.2, 0.25) is 0 Å². The summed E-state index contributed by atoms with van der Waals surface area (Å²) in [5.74, 6) is 0.930. The van der Waals surface area contributed by atoms with Crippen LogP contribution in [0.3, 0.4) is 0 Å². The zero-order valence-corrected chi connectivity index (χ0v) is 12.0. The highest BCUT2D eigenvalue weighted by Gasteiger charge is 2.25. The minimum absolute atomic E-state index is 0.359. The van der Waals surface area contributed by atoms with Crippen LogP contribution in [0.15, 0.2) is 24.3 Å². The minimum atomic E-state index is 0.359. The third-order valence-electron chi connectivity index (χ3n) is 3.66. The molecule has 0 aromatic heterocycles. The van der Waals surface area contributed by atoms with E-state index in [1.807, 2.05) is 6.07 Å². The standard InChI is InChI=1S/C16H25NO2/c1-3-9-17-15(16-8-5-10-19-16)12-13-6-4-7-14(11-13)18-2/h4,6-7,11,15-17H,3,5,8-10,12H2,1-2H3. The topological polar surface area (TPSA) is 30.5 Å². The summed E-state index contributed by atoms with van der Waals surface area (Å²) in [7, 11) is 1.71. The largest absolute Gasteiger partial charge is 0.497 e. The molecule has 1 aliphatic heterocycles. The van der Waals surface area contributed by atoms with Crippen molar-refractivity contribution in [1.29, 1.82) is 0 Å². The number of benzene rings is 1. The molecule has 1 N–H and O–H groups in total. The molecule has 0 bridgehead atoms. The number of nitrogens with one attached hydrogen (secondary N) is 1. The summed E-state index contributed by atoms with van der Waals surface area (Å²) in [6, 6.07) is 8.74. The lowest BCUT2D eigenvalue weighted by molar-refractivity contribution is 0.0784. The molecule has 1 aromatic rings. The predicted octanol–water partition coefficient (Wildman–Crippen LogP) is 2.78. The first-order valence-corrected chi connectivity index (χ1v) is 7.31. The van der Waals surface area contributed by atoms with Crippen LogP contribution >= 0.6 is 0 Å². The molecular weight excluding hydrogens is 238 g/mol. The van der Waals surface area contributed by atoms with Gasteiger partial charge in [-0.3, -0.25) is 0 Å². The van der Waals surface area contributed by atoms with Gasteiger partial charge in [0, 0.05) is 12.6 Å². The molecule has 106 valence electrons. The summed E-state index contributed by atoms with van der Waals surface area (Å²) in [4.78, 5) is 0. The van der Waals surface area contributed by atoms with Crippen LogP contribution < -0.4 is 10.1 Å². The number of ether oxygens (including phenoxy) is 2. The first kappa shape index (κ1) is 14.4. The molecule has 3 nitrogen and oxygen atoms in total. The van der Waals surface area contributed by atoms with Crippen molar-refractivity contribution >= 4 is 0 Å². The third kappa shape index (κ3) is 4.22. The zero-order valence-electron chi connectivity index (χ0n) is 12.0. The number of hydrogen-bond acceptors (Lipinski definition) is 3. The fraction of sp³-hybridized carbons (Fsp3) is 0.625. The molecule has 0 spiro atoms. The maximum atomic E-state index is 5.85. The van der Waals surface area contributed by atoms with Gasteiger partial charge >= 0.3 is 0 Å². The Bertz CT molecular complexity index is 375. The molecule has 1 saturated heterocycles. The third-order valence-corrected chi connectivity index (χ3v) is 3.66. The van der Waals surface area contributed by atoms with Crippen LogP contribution in [0.4, 0.5) is 0 Å². The first-order chi connectivity index (χ1) is 9.33. The van der Waals surface area contributed by atoms with Gasteiger partial charge in [0.15, 0.2) is 0 Å². The normalized spacial score (nSPS) is 20.4. The molecule has 1 aromatic carbocycles. The highest BCUT2D eigenvalue weighted by atomic mass is 16.5. The second-order valence-corrected chi connectivity index (χ2v) is 5.17. The van der Waals surface area contributed by atoms with E-state index in [0.29, 0.717) is 12.1 Å². The van der Waals surface area contributed by atoms with Crippen molar-refractivity contribution in [2.24, 2.45) is 0 Å². The van der Waals surface area contributed by atoms with E-state index < -0.39 is 0 Å². The summed E-state index contributed by atoms with van der Waals surface area (Å²) < 4.78 is 11.1. The first-order valence-electron chi connectivity index (χ1n) is 7.31. The second-order valence-electron chi connectivity index (χ2n) is 5.17. The molecule has 0 amide bonds. The van der Waals surface area contributed by atoms with Gasteiger partial charge in [-0.05, 0) is 49.9 Å². The molecule has 1 heterocycles. The number of rotatable bonds is 7. The molecule has 19 heavy (non-hydrogen) atoms. The molecule has 1 fully saturated rings. The smallest absolute Gasteiger partial charge is 0.119 e. The highest BCUT2D eigenvalue weighted by molar-refractivity contribution is 5.29. The van der Waals surface area contributed by atoms with E-state index in [-0.39, 0.29) is 0 Å². The maximum Gasteiger partial charge on any atom is 0.119 e. The molecule has 0 saturated carbocycles. The molecule has 2 rings (SSSR count). The number of hydrogen-bond donors (Lipinski definition) is 1. The van der Waals surface area contributed by atoms with Gasteiger partial charge in [-0.2, -0.15) is 0 Å². The fourth-order valence-corrected chi connectivity index (χ4v) is 2.64. The zero-order chi connectivity index (χ0) is 13.5. The van der Waals surface area contributed by atoms with Gasteiger partial charge in [-0.1, -0.05) is 19.1 Å². The Labute approximate surface area is 116 Å². The van der Waals surface area contributed by atoms with Gasteiger partial charge in [0.25, 0.3) is 0 Å². The minimum Gasteiger partial charge on any atom is -0.497 e. The van der Waals surface area contributed by atoms with E-state index in [1.165, 1.54) is 18.4 Å². The Morgan fingerprint density at radius 1 is 1.47 bits per heavy atom. The Kier molecular flexibility index (Phi) is 5.67. The van der Waals surface area contributed by atoms with E-state index in [1.54, 1.807) is 7.11 Å². The van der Waals surface area contributed by atoms with Crippen LogP contribution in [-0.4, -0.2) is 32.4 Å². The van der Waals surface area contributed by atoms with Crippen molar-refractivity contribution in [2.45, 2.75) is 44.8 Å². The van der Waals surface area contributed by atoms with Gasteiger partial charge in [0.05, 0.1) is 13.2 Å². The van der Waals surface area contributed by atoms with E-state index in [9.17, 15) is 0 Å². The van der Waals surface area contributed by atoms with Crippen LogP contribution in [0.5, 0.6) is 5.75 Å². The molecular formula is C16H25NO2. The van der Waals surface area contributed by atoms with Crippen LogP contribution in [0.25, 0.3) is 0 Å². The molecule has 2 unspecified atom stereocenters. The predicted molar refractivity (Wildman–Crippen MR) is 77.8 cm³/mol. The Morgan fingerprint density at radius 2 is 2.37 bits per heavy atom. The monoisotopic (exact) mass is 263 g/mol. The van der Waals surface area contributed by atoms with Crippen LogP contribution in [-0.2, 0) is 11.2 Å². The van der Waals surface area contributed by atoms with Gasteiger partial charge in [-0.15, -0.1) is 0 Å². The highest BCUT2D eigenvalue weighted by Crippen LogP contribution is 2.20. The summed E-state index contributed by atoms with van der Waals surface area (Å²) in [6.45, 7) is 4.16.